The van der Waals surface area contributed by atoms with E-state index in [4.69, 9.17) is 4.74 Å². The molecule has 2 atom stereocenters. The van der Waals surface area contributed by atoms with E-state index in [9.17, 15) is 0 Å². The Balaban J connectivity index is 1.88. The number of hydrogen-bond acceptors (Lipinski definition) is 3. The van der Waals surface area contributed by atoms with Gasteiger partial charge in [-0.2, -0.15) is 5.10 Å². The molecule has 2 saturated heterocycles. The molecule has 2 heterocycles. The van der Waals surface area contributed by atoms with Gasteiger partial charge in [0.25, 0.3) is 0 Å². The zero-order valence-electron chi connectivity index (χ0n) is 10.4. The van der Waals surface area contributed by atoms with Crippen LogP contribution < -0.4 is 0 Å². The summed E-state index contributed by atoms with van der Waals surface area (Å²) in [4.78, 5) is 0. The second kappa shape index (κ2) is 5.48. The maximum absolute atomic E-state index is 5.32. The summed E-state index contributed by atoms with van der Waals surface area (Å²) in [5, 5.41) is 6.80. The number of ether oxygens (including phenoxy) is 1. The van der Waals surface area contributed by atoms with E-state index >= 15 is 0 Å². The lowest BCUT2D eigenvalue weighted by Gasteiger charge is -2.22. The molecule has 0 aromatic rings. The van der Waals surface area contributed by atoms with Crippen LogP contribution in [0, 0.1) is 0 Å². The fraction of sp³-hybridized carbons (Fsp3) is 0.769. The molecular formula is C13H22N2O. The van der Waals surface area contributed by atoms with Gasteiger partial charge in [-0.25, -0.2) is 0 Å². The molecule has 0 amide bonds. The summed E-state index contributed by atoms with van der Waals surface area (Å²) in [6.45, 7) is 6.25. The third-order valence-electron chi connectivity index (χ3n) is 3.55. The van der Waals surface area contributed by atoms with E-state index in [0.29, 0.717) is 12.1 Å². The second-order valence-corrected chi connectivity index (χ2v) is 4.86. The Morgan fingerprint density at radius 3 is 2.44 bits per heavy atom. The largest absolute Gasteiger partial charge is 0.381 e. The number of rotatable bonds is 2. The lowest BCUT2D eigenvalue weighted by Crippen LogP contribution is -2.27. The van der Waals surface area contributed by atoms with Crippen LogP contribution in [0.2, 0.25) is 0 Å². The number of hydrogen-bond donors (Lipinski definition) is 0. The van der Waals surface area contributed by atoms with Crippen molar-refractivity contribution in [2.75, 3.05) is 13.2 Å². The summed E-state index contributed by atoms with van der Waals surface area (Å²) in [5.74, 6) is 0. The lowest BCUT2D eigenvalue weighted by atomic mass is 10.1. The highest BCUT2D eigenvalue weighted by molar-refractivity contribution is 5.72. The van der Waals surface area contributed by atoms with Crippen LogP contribution >= 0.6 is 0 Å². The SMILES string of the molecule is C[C@@H]1CC[C@@H](C)N1/N=C/C=C1CCOCC1. The number of nitrogens with zero attached hydrogens (tertiary/aromatic N) is 2. The Hall–Kier alpha value is -0.830. The molecule has 0 aromatic heterocycles. The average Bonchev–Trinajstić information content (AvgIpc) is 2.62. The predicted molar refractivity (Wildman–Crippen MR) is 66.6 cm³/mol. The zero-order chi connectivity index (χ0) is 11.4. The Morgan fingerprint density at radius 1 is 1.19 bits per heavy atom. The number of allylic oxidation sites excluding steroid dienone is 1. The van der Waals surface area contributed by atoms with E-state index < -0.39 is 0 Å². The summed E-state index contributed by atoms with van der Waals surface area (Å²) in [6, 6.07) is 1.19. The van der Waals surface area contributed by atoms with Gasteiger partial charge in [-0.05, 0) is 45.6 Å². The molecule has 0 spiro atoms. The van der Waals surface area contributed by atoms with Crippen molar-refractivity contribution in [3.63, 3.8) is 0 Å². The molecule has 16 heavy (non-hydrogen) atoms. The van der Waals surface area contributed by atoms with Gasteiger partial charge >= 0.3 is 0 Å². The van der Waals surface area contributed by atoms with Crippen molar-refractivity contribution in [2.45, 2.75) is 51.6 Å². The Bertz CT molecular complexity index is 268. The summed E-state index contributed by atoms with van der Waals surface area (Å²) in [7, 11) is 0. The normalized spacial score (nSPS) is 31.4. The van der Waals surface area contributed by atoms with Gasteiger partial charge in [0.1, 0.15) is 0 Å². The quantitative estimate of drug-likeness (QED) is 0.671. The van der Waals surface area contributed by atoms with E-state index in [1.807, 2.05) is 6.21 Å². The predicted octanol–water partition coefficient (Wildman–Crippen LogP) is 2.58. The minimum atomic E-state index is 0.597. The Morgan fingerprint density at radius 2 is 1.81 bits per heavy atom. The first-order chi connectivity index (χ1) is 7.77. The monoisotopic (exact) mass is 222 g/mol. The van der Waals surface area contributed by atoms with Crippen LogP contribution in [-0.2, 0) is 4.74 Å². The second-order valence-electron chi connectivity index (χ2n) is 4.86. The maximum Gasteiger partial charge on any atom is 0.0503 e. The minimum Gasteiger partial charge on any atom is -0.381 e. The topological polar surface area (TPSA) is 24.8 Å². The molecule has 0 aromatic carbocycles. The Kier molecular flexibility index (Phi) is 3.99. The summed E-state index contributed by atoms with van der Waals surface area (Å²) >= 11 is 0. The molecular weight excluding hydrogens is 200 g/mol. The molecule has 2 aliphatic heterocycles. The standard InChI is InChI=1S/C13H22N2O/c1-11-3-4-12(2)15(11)14-8-5-13-6-9-16-10-7-13/h5,8,11-12H,3-4,6-7,9-10H2,1-2H3/b14-8+/t11-,12-/m1/s1. The summed E-state index contributed by atoms with van der Waals surface area (Å²) < 4.78 is 5.32. The molecule has 3 heteroatoms. The zero-order valence-corrected chi connectivity index (χ0v) is 10.4. The maximum atomic E-state index is 5.32. The molecule has 2 aliphatic rings. The van der Waals surface area contributed by atoms with Crippen LogP contribution in [0.15, 0.2) is 16.8 Å². The molecule has 0 saturated carbocycles. The van der Waals surface area contributed by atoms with Crippen LogP contribution in [0.5, 0.6) is 0 Å². The highest BCUT2D eigenvalue weighted by atomic mass is 16.5. The third kappa shape index (κ3) is 2.85. The molecule has 0 aliphatic carbocycles. The molecule has 0 N–H and O–H groups in total. The lowest BCUT2D eigenvalue weighted by molar-refractivity contribution is 0.119. The molecule has 90 valence electrons. The highest BCUT2D eigenvalue weighted by Crippen LogP contribution is 2.23. The van der Waals surface area contributed by atoms with E-state index in [0.717, 1.165) is 26.1 Å². The van der Waals surface area contributed by atoms with Crippen molar-refractivity contribution >= 4 is 6.21 Å². The molecule has 0 unspecified atom stereocenters. The van der Waals surface area contributed by atoms with Crippen molar-refractivity contribution < 1.29 is 4.74 Å². The van der Waals surface area contributed by atoms with Gasteiger partial charge in [0.15, 0.2) is 0 Å². The summed E-state index contributed by atoms with van der Waals surface area (Å²) in [6.07, 6.45) is 8.80. The van der Waals surface area contributed by atoms with E-state index in [-0.39, 0.29) is 0 Å². The minimum absolute atomic E-state index is 0.597. The van der Waals surface area contributed by atoms with Crippen LogP contribution in [-0.4, -0.2) is 36.5 Å². The smallest absolute Gasteiger partial charge is 0.0503 e. The van der Waals surface area contributed by atoms with Crippen molar-refractivity contribution in [1.29, 1.82) is 0 Å². The molecule has 0 bridgehead atoms. The summed E-state index contributed by atoms with van der Waals surface area (Å²) in [5.41, 5.74) is 1.47. The Labute approximate surface area is 98.2 Å². The van der Waals surface area contributed by atoms with Crippen LogP contribution in [0.4, 0.5) is 0 Å². The first-order valence-electron chi connectivity index (χ1n) is 6.35. The van der Waals surface area contributed by atoms with Crippen molar-refractivity contribution in [3.05, 3.63) is 11.6 Å². The van der Waals surface area contributed by atoms with E-state index in [2.05, 4.69) is 30.0 Å². The van der Waals surface area contributed by atoms with Crippen molar-refractivity contribution in [1.82, 2.24) is 5.01 Å². The van der Waals surface area contributed by atoms with Crippen molar-refractivity contribution in [2.24, 2.45) is 5.10 Å². The van der Waals surface area contributed by atoms with Gasteiger partial charge in [0, 0.05) is 18.3 Å². The van der Waals surface area contributed by atoms with Crippen molar-refractivity contribution in [3.8, 4) is 0 Å². The third-order valence-corrected chi connectivity index (χ3v) is 3.55. The van der Waals surface area contributed by atoms with Gasteiger partial charge in [0.05, 0.1) is 13.2 Å². The van der Waals surface area contributed by atoms with Gasteiger partial charge in [-0.1, -0.05) is 5.57 Å². The first-order valence-corrected chi connectivity index (χ1v) is 6.35. The van der Waals surface area contributed by atoms with Gasteiger partial charge in [-0.15, -0.1) is 0 Å². The number of hydrazone groups is 1. The van der Waals surface area contributed by atoms with Crippen LogP contribution in [0.1, 0.15) is 39.5 Å². The van der Waals surface area contributed by atoms with E-state index in [1.165, 1.54) is 18.4 Å². The molecule has 2 rings (SSSR count). The average molecular weight is 222 g/mol. The van der Waals surface area contributed by atoms with E-state index in [1.54, 1.807) is 0 Å². The van der Waals surface area contributed by atoms with Gasteiger partial charge < -0.3 is 4.74 Å². The fourth-order valence-corrected chi connectivity index (χ4v) is 2.42. The first kappa shape index (κ1) is 11.6. The van der Waals surface area contributed by atoms with Gasteiger partial charge in [-0.3, -0.25) is 5.01 Å². The molecule has 3 nitrogen and oxygen atoms in total. The molecule has 0 radical (unpaired) electrons. The molecule has 2 fully saturated rings. The van der Waals surface area contributed by atoms with Gasteiger partial charge in [0.2, 0.25) is 0 Å². The fourth-order valence-electron chi connectivity index (χ4n) is 2.42. The van der Waals surface area contributed by atoms with Crippen LogP contribution in [0.25, 0.3) is 0 Å². The highest BCUT2D eigenvalue weighted by Gasteiger charge is 2.25. The van der Waals surface area contributed by atoms with Crippen LogP contribution in [0.3, 0.4) is 0 Å².